The Morgan fingerprint density at radius 3 is 2.28 bits per heavy atom. The molecule has 0 radical (unpaired) electrons. The third kappa shape index (κ3) is 3.09. The third-order valence-electron chi connectivity index (χ3n) is 2.63. The summed E-state index contributed by atoms with van der Waals surface area (Å²) in [4.78, 5) is 10.7. The van der Waals surface area contributed by atoms with Crippen molar-refractivity contribution in [3.05, 3.63) is 59.7 Å². The van der Waals surface area contributed by atoms with Crippen LogP contribution in [0.3, 0.4) is 0 Å². The van der Waals surface area contributed by atoms with Crippen LogP contribution in [0.4, 0.5) is 0 Å². The smallest absolute Gasteiger partial charge is 0.335 e. The first kappa shape index (κ1) is 14.2. The van der Waals surface area contributed by atoms with E-state index in [1.165, 1.54) is 0 Å². The van der Waals surface area contributed by atoms with E-state index in [2.05, 4.69) is 0 Å². The lowest BCUT2D eigenvalue weighted by atomic mass is 10.0. The summed E-state index contributed by atoms with van der Waals surface area (Å²) in [5.74, 6) is -0.910. The summed E-state index contributed by atoms with van der Waals surface area (Å²) in [6.07, 6.45) is 0. The van der Waals surface area contributed by atoms with Crippen LogP contribution in [-0.4, -0.2) is 11.1 Å². The molecule has 0 amide bonds. The average molecular weight is 264 g/mol. The molecule has 0 bridgehead atoms. The van der Waals surface area contributed by atoms with Gasteiger partial charge in [0.15, 0.2) is 0 Å². The molecular weight excluding hydrogens is 250 g/mol. The van der Waals surface area contributed by atoms with Crippen molar-refractivity contribution in [2.45, 2.75) is 6.54 Å². The van der Waals surface area contributed by atoms with Crippen molar-refractivity contribution in [1.29, 1.82) is 0 Å². The van der Waals surface area contributed by atoms with Crippen molar-refractivity contribution in [1.82, 2.24) is 0 Å². The zero-order valence-corrected chi connectivity index (χ0v) is 10.5. The van der Waals surface area contributed by atoms with Gasteiger partial charge in [-0.1, -0.05) is 30.3 Å². The van der Waals surface area contributed by atoms with Crippen LogP contribution in [0.15, 0.2) is 48.5 Å². The predicted octanol–water partition coefficient (Wildman–Crippen LogP) is 2.93. The highest BCUT2D eigenvalue weighted by Gasteiger charge is 2.03. The van der Waals surface area contributed by atoms with Crippen LogP contribution in [0.2, 0.25) is 0 Å². The van der Waals surface area contributed by atoms with Gasteiger partial charge in [0.25, 0.3) is 0 Å². The lowest BCUT2D eigenvalue weighted by Crippen LogP contribution is -1.96. The fraction of sp³-hybridized carbons (Fsp3) is 0.0714. The van der Waals surface area contributed by atoms with Gasteiger partial charge in [-0.25, -0.2) is 4.79 Å². The fourth-order valence-electron chi connectivity index (χ4n) is 1.68. The first-order valence-corrected chi connectivity index (χ1v) is 5.33. The maximum Gasteiger partial charge on any atom is 0.335 e. The minimum absolute atomic E-state index is 0. The molecule has 0 fully saturated rings. The molecule has 2 aromatic rings. The van der Waals surface area contributed by atoms with Gasteiger partial charge in [-0.2, -0.15) is 0 Å². The first-order valence-electron chi connectivity index (χ1n) is 5.33. The minimum atomic E-state index is -0.910. The number of carbonyl (C=O) groups is 1. The molecule has 94 valence electrons. The molecule has 2 rings (SSSR count). The molecule has 0 aliphatic carbocycles. The normalized spacial score (nSPS) is 9.61. The van der Waals surface area contributed by atoms with E-state index in [1.807, 2.05) is 24.3 Å². The molecular formula is C14H14ClNO2. The van der Waals surface area contributed by atoms with Crippen LogP contribution < -0.4 is 5.73 Å². The van der Waals surface area contributed by atoms with Crippen molar-refractivity contribution in [2.75, 3.05) is 0 Å². The molecule has 3 N–H and O–H groups in total. The van der Waals surface area contributed by atoms with E-state index in [1.54, 1.807) is 24.3 Å². The summed E-state index contributed by atoms with van der Waals surface area (Å²) >= 11 is 0. The second-order valence-corrected chi connectivity index (χ2v) is 3.79. The number of halogens is 1. The maximum absolute atomic E-state index is 10.7. The van der Waals surface area contributed by atoms with E-state index in [0.717, 1.165) is 16.7 Å². The largest absolute Gasteiger partial charge is 0.478 e. The number of hydrogen-bond acceptors (Lipinski definition) is 2. The van der Waals surface area contributed by atoms with Gasteiger partial charge >= 0.3 is 5.97 Å². The average Bonchev–Trinajstić information content (AvgIpc) is 2.39. The molecule has 3 nitrogen and oxygen atoms in total. The Morgan fingerprint density at radius 1 is 1.06 bits per heavy atom. The quantitative estimate of drug-likeness (QED) is 0.895. The van der Waals surface area contributed by atoms with E-state index in [0.29, 0.717) is 12.1 Å². The van der Waals surface area contributed by atoms with Crippen LogP contribution in [0.25, 0.3) is 11.1 Å². The number of hydrogen-bond donors (Lipinski definition) is 2. The number of carboxylic acids is 1. The Balaban J connectivity index is 0.00000162. The third-order valence-corrected chi connectivity index (χ3v) is 2.63. The van der Waals surface area contributed by atoms with E-state index in [-0.39, 0.29) is 12.4 Å². The zero-order valence-electron chi connectivity index (χ0n) is 9.67. The fourth-order valence-corrected chi connectivity index (χ4v) is 1.68. The van der Waals surface area contributed by atoms with Gasteiger partial charge in [0.05, 0.1) is 5.56 Å². The van der Waals surface area contributed by atoms with Gasteiger partial charge < -0.3 is 10.8 Å². The van der Waals surface area contributed by atoms with Gasteiger partial charge in [0, 0.05) is 6.54 Å². The Hall–Kier alpha value is -1.84. The summed E-state index contributed by atoms with van der Waals surface area (Å²) in [6, 6.07) is 14.7. The number of carboxylic acid groups (broad SMARTS) is 1. The number of benzene rings is 2. The zero-order chi connectivity index (χ0) is 12.3. The minimum Gasteiger partial charge on any atom is -0.478 e. The van der Waals surface area contributed by atoms with E-state index in [4.69, 9.17) is 10.8 Å². The van der Waals surface area contributed by atoms with Crippen molar-refractivity contribution in [2.24, 2.45) is 5.73 Å². The Kier molecular flexibility index (Phi) is 4.89. The highest BCUT2D eigenvalue weighted by Crippen LogP contribution is 2.20. The molecule has 0 heterocycles. The van der Waals surface area contributed by atoms with Crippen LogP contribution >= 0.6 is 12.4 Å². The molecule has 2 aromatic carbocycles. The Labute approximate surface area is 112 Å². The molecule has 0 aliphatic heterocycles. The number of rotatable bonds is 3. The second kappa shape index (κ2) is 6.19. The van der Waals surface area contributed by atoms with E-state index >= 15 is 0 Å². The molecule has 0 atom stereocenters. The highest BCUT2D eigenvalue weighted by atomic mass is 35.5. The van der Waals surface area contributed by atoms with Crippen molar-refractivity contribution in [3.8, 4) is 11.1 Å². The standard InChI is InChI=1S/C14H13NO2.ClH/c15-9-10-2-1-3-13(8-10)11-4-6-12(7-5-11)14(16)17;/h1-8H,9,15H2,(H,16,17);1H. The van der Waals surface area contributed by atoms with Crippen molar-refractivity contribution < 1.29 is 9.90 Å². The SMILES string of the molecule is Cl.NCc1cccc(-c2ccc(C(=O)O)cc2)c1. The van der Waals surface area contributed by atoms with Crippen LogP contribution in [0.1, 0.15) is 15.9 Å². The lowest BCUT2D eigenvalue weighted by molar-refractivity contribution is 0.0697. The maximum atomic E-state index is 10.7. The Morgan fingerprint density at radius 2 is 1.72 bits per heavy atom. The summed E-state index contributed by atoms with van der Waals surface area (Å²) < 4.78 is 0. The monoisotopic (exact) mass is 263 g/mol. The molecule has 0 unspecified atom stereocenters. The first-order chi connectivity index (χ1) is 8.20. The van der Waals surface area contributed by atoms with Gasteiger partial charge in [-0.3, -0.25) is 0 Å². The second-order valence-electron chi connectivity index (χ2n) is 3.79. The van der Waals surface area contributed by atoms with E-state index < -0.39 is 5.97 Å². The topological polar surface area (TPSA) is 63.3 Å². The molecule has 0 saturated heterocycles. The Bertz CT molecular complexity index is 538. The summed E-state index contributed by atoms with van der Waals surface area (Å²) in [6.45, 7) is 0.501. The molecule has 0 spiro atoms. The van der Waals surface area contributed by atoms with Crippen LogP contribution in [0.5, 0.6) is 0 Å². The van der Waals surface area contributed by atoms with Crippen LogP contribution in [0, 0.1) is 0 Å². The molecule has 4 heteroatoms. The highest BCUT2D eigenvalue weighted by molar-refractivity contribution is 5.88. The van der Waals surface area contributed by atoms with Gasteiger partial charge in [0.1, 0.15) is 0 Å². The van der Waals surface area contributed by atoms with Crippen molar-refractivity contribution >= 4 is 18.4 Å². The molecule has 0 aromatic heterocycles. The van der Waals surface area contributed by atoms with Crippen LogP contribution in [-0.2, 0) is 6.54 Å². The van der Waals surface area contributed by atoms with E-state index in [9.17, 15) is 4.79 Å². The lowest BCUT2D eigenvalue weighted by Gasteiger charge is -2.04. The molecule has 0 aliphatic rings. The molecule has 0 saturated carbocycles. The number of nitrogens with two attached hydrogens (primary N) is 1. The molecule has 18 heavy (non-hydrogen) atoms. The predicted molar refractivity (Wildman–Crippen MR) is 74.0 cm³/mol. The summed E-state index contributed by atoms with van der Waals surface area (Å²) in [5.41, 5.74) is 8.98. The summed E-state index contributed by atoms with van der Waals surface area (Å²) in [7, 11) is 0. The van der Waals surface area contributed by atoms with Crippen molar-refractivity contribution in [3.63, 3.8) is 0 Å². The van der Waals surface area contributed by atoms with Gasteiger partial charge in [-0.15, -0.1) is 12.4 Å². The van der Waals surface area contributed by atoms with Gasteiger partial charge in [-0.05, 0) is 34.9 Å². The number of aromatic carboxylic acids is 1. The summed E-state index contributed by atoms with van der Waals surface area (Å²) in [5, 5.41) is 8.81. The van der Waals surface area contributed by atoms with Gasteiger partial charge in [0.2, 0.25) is 0 Å².